The molecule has 1 aliphatic rings. The molecule has 14 heavy (non-hydrogen) atoms. The summed E-state index contributed by atoms with van der Waals surface area (Å²) in [6, 6.07) is 2.04. The summed E-state index contributed by atoms with van der Waals surface area (Å²) in [5, 5.41) is 12.5. The van der Waals surface area contributed by atoms with Crippen LogP contribution in [-0.2, 0) is 5.60 Å². The molecule has 2 unspecified atom stereocenters. The molecule has 76 valence electrons. The number of allylic oxidation sites excluding steroid dienone is 1. The van der Waals surface area contributed by atoms with E-state index in [4.69, 9.17) is 0 Å². The summed E-state index contributed by atoms with van der Waals surface area (Å²) >= 11 is 1.70. The van der Waals surface area contributed by atoms with Crippen LogP contribution in [0.15, 0.2) is 23.6 Å². The highest BCUT2D eigenvalue weighted by atomic mass is 32.1. The molecule has 0 saturated carbocycles. The van der Waals surface area contributed by atoms with Crippen molar-refractivity contribution < 1.29 is 5.11 Å². The van der Waals surface area contributed by atoms with Crippen molar-refractivity contribution in [1.82, 2.24) is 0 Å². The Morgan fingerprint density at radius 1 is 1.57 bits per heavy atom. The lowest BCUT2D eigenvalue weighted by Gasteiger charge is -2.30. The Morgan fingerprint density at radius 2 is 2.36 bits per heavy atom. The Balaban J connectivity index is 2.34. The third-order valence-electron chi connectivity index (χ3n) is 3.01. The summed E-state index contributed by atoms with van der Waals surface area (Å²) in [5.41, 5.74) is 0.391. The van der Waals surface area contributed by atoms with E-state index in [0.29, 0.717) is 5.92 Å². The van der Waals surface area contributed by atoms with E-state index in [0.717, 1.165) is 18.4 Å². The van der Waals surface area contributed by atoms with Gasteiger partial charge >= 0.3 is 0 Å². The largest absolute Gasteiger partial charge is 0.381 e. The van der Waals surface area contributed by atoms with E-state index in [9.17, 15) is 5.11 Å². The minimum atomic E-state index is -0.698. The van der Waals surface area contributed by atoms with Crippen LogP contribution in [0, 0.1) is 12.8 Å². The highest BCUT2D eigenvalue weighted by molar-refractivity contribution is 7.10. The highest BCUT2D eigenvalue weighted by Crippen LogP contribution is 2.37. The van der Waals surface area contributed by atoms with Crippen molar-refractivity contribution in [3.63, 3.8) is 0 Å². The molecular formula is C12H16OS. The lowest BCUT2D eigenvalue weighted by molar-refractivity contribution is 0.0672. The number of aliphatic hydroxyl groups is 1. The van der Waals surface area contributed by atoms with Crippen LogP contribution in [0.25, 0.3) is 0 Å². The Hall–Kier alpha value is -0.600. The average Bonchev–Trinajstić information content (AvgIpc) is 2.58. The summed E-state index contributed by atoms with van der Waals surface area (Å²) in [4.78, 5) is 1.23. The molecule has 1 aromatic rings. The zero-order chi connectivity index (χ0) is 10.2. The monoisotopic (exact) mass is 208 g/mol. The van der Waals surface area contributed by atoms with E-state index in [2.05, 4.69) is 25.3 Å². The van der Waals surface area contributed by atoms with Gasteiger partial charge in [0.2, 0.25) is 0 Å². The smallest absolute Gasteiger partial charge is 0.109 e. The first-order chi connectivity index (χ1) is 6.62. The van der Waals surface area contributed by atoms with Gasteiger partial charge in [-0.25, -0.2) is 0 Å². The number of hydrogen-bond donors (Lipinski definition) is 1. The molecule has 0 bridgehead atoms. The third kappa shape index (κ3) is 1.64. The van der Waals surface area contributed by atoms with Gasteiger partial charge in [0.25, 0.3) is 0 Å². The maximum atomic E-state index is 10.4. The van der Waals surface area contributed by atoms with Gasteiger partial charge < -0.3 is 5.11 Å². The second-order valence-corrected chi connectivity index (χ2v) is 5.31. The molecule has 2 atom stereocenters. The Kier molecular flexibility index (Phi) is 2.50. The SMILES string of the molecule is Cc1sccc1C1(O)C=CC(C)CC1. The lowest BCUT2D eigenvalue weighted by Crippen LogP contribution is -2.26. The minimum Gasteiger partial charge on any atom is -0.381 e. The van der Waals surface area contributed by atoms with E-state index < -0.39 is 5.60 Å². The molecule has 0 spiro atoms. The number of thiophene rings is 1. The molecule has 1 heterocycles. The van der Waals surface area contributed by atoms with Crippen LogP contribution in [0.2, 0.25) is 0 Å². The van der Waals surface area contributed by atoms with Gasteiger partial charge in [0.05, 0.1) is 0 Å². The van der Waals surface area contributed by atoms with E-state index in [1.807, 2.05) is 12.1 Å². The fourth-order valence-corrected chi connectivity index (χ4v) is 2.79. The van der Waals surface area contributed by atoms with Gasteiger partial charge in [-0.3, -0.25) is 0 Å². The van der Waals surface area contributed by atoms with Crippen molar-refractivity contribution in [3.05, 3.63) is 34.0 Å². The summed E-state index contributed by atoms with van der Waals surface area (Å²) in [5.74, 6) is 0.606. The molecule has 0 radical (unpaired) electrons. The zero-order valence-corrected chi connectivity index (χ0v) is 9.47. The van der Waals surface area contributed by atoms with Gasteiger partial charge in [-0.2, -0.15) is 0 Å². The predicted octanol–water partition coefficient (Wildman–Crippen LogP) is 3.23. The van der Waals surface area contributed by atoms with E-state index in [1.165, 1.54) is 4.88 Å². The molecule has 0 saturated heterocycles. The van der Waals surface area contributed by atoms with Crippen molar-refractivity contribution in [2.24, 2.45) is 5.92 Å². The second kappa shape index (κ2) is 3.52. The van der Waals surface area contributed by atoms with Gasteiger partial charge in [-0.1, -0.05) is 19.1 Å². The van der Waals surface area contributed by atoms with Crippen molar-refractivity contribution in [2.45, 2.75) is 32.3 Å². The average molecular weight is 208 g/mol. The first-order valence-corrected chi connectivity index (χ1v) is 5.96. The fraction of sp³-hybridized carbons (Fsp3) is 0.500. The molecule has 0 aromatic carbocycles. The molecule has 1 aliphatic carbocycles. The van der Waals surface area contributed by atoms with Crippen molar-refractivity contribution >= 4 is 11.3 Å². The second-order valence-electron chi connectivity index (χ2n) is 4.19. The predicted molar refractivity (Wildman–Crippen MR) is 60.5 cm³/mol. The quantitative estimate of drug-likeness (QED) is 0.702. The van der Waals surface area contributed by atoms with Crippen LogP contribution in [0.3, 0.4) is 0 Å². The van der Waals surface area contributed by atoms with Gasteiger partial charge in [0, 0.05) is 10.4 Å². The molecule has 1 nitrogen and oxygen atoms in total. The first-order valence-electron chi connectivity index (χ1n) is 5.08. The fourth-order valence-electron chi connectivity index (χ4n) is 2.01. The molecular weight excluding hydrogens is 192 g/mol. The van der Waals surface area contributed by atoms with Crippen LogP contribution in [0.5, 0.6) is 0 Å². The Morgan fingerprint density at radius 3 is 2.86 bits per heavy atom. The van der Waals surface area contributed by atoms with Crippen molar-refractivity contribution in [2.75, 3.05) is 0 Å². The Bertz CT molecular complexity index is 353. The first kappa shape index (κ1) is 9.94. The topological polar surface area (TPSA) is 20.2 Å². The van der Waals surface area contributed by atoms with Crippen LogP contribution >= 0.6 is 11.3 Å². The van der Waals surface area contributed by atoms with Crippen LogP contribution in [0.1, 0.15) is 30.2 Å². The summed E-state index contributed by atoms with van der Waals surface area (Å²) in [6.07, 6.45) is 6.02. The minimum absolute atomic E-state index is 0.606. The van der Waals surface area contributed by atoms with Crippen molar-refractivity contribution in [3.8, 4) is 0 Å². The standard InChI is InChI=1S/C12H16OS/c1-9-3-6-12(13,7-4-9)11-5-8-14-10(11)2/h3,5-6,8-9,13H,4,7H2,1-2H3. The summed E-state index contributed by atoms with van der Waals surface area (Å²) in [6.45, 7) is 4.26. The lowest BCUT2D eigenvalue weighted by atomic mass is 9.81. The van der Waals surface area contributed by atoms with Crippen LogP contribution in [0.4, 0.5) is 0 Å². The summed E-state index contributed by atoms with van der Waals surface area (Å²) in [7, 11) is 0. The summed E-state index contributed by atoms with van der Waals surface area (Å²) < 4.78 is 0. The van der Waals surface area contributed by atoms with Crippen LogP contribution in [-0.4, -0.2) is 5.11 Å². The number of aryl methyl sites for hydroxylation is 1. The number of hydrogen-bond acceptors (Lipinski definition) is 2. The van der Waals surface area contributed by atoms with Gasteiger partial charge in [-0.05, 0) is 37.1 Å². The molecule has 2 rings (SSSR count). The molecule has 0 amide bonds. The van der Waals surface area contributed by atoms with E-state index >= 15 is 0 Å². The van der Waals surface area contributed by atoms with Gasteiger partial charge in [-0.15, -0.1) is 11.3 Å². The van der Waals surface area contributed by atoms with E-state index in [1.54, 1.807) is 11.3 Å². The zero-order valence-electron chi connectivity index (χ0n) is 8.66. The van der Waals surface area contributed by atoms with E-state index in [-0.39, 0.29) is 0 Å². The van der Waals surface area contributed by atoms with Crippen LogP contribution < -0.4 is 0 Å². The molecule has 0 fully saturated rings. The third-order valence-corrected chi connectivity index (χ3v) is 3.85. The van der Waals surface area contributed by atoms with Gasteiger partial charge in [0.15, 0.2) is 0 Å². The molecule has 0 aliphatic heterocycles. The maximum absolute atomic E-state index is 10.4. The Labute approximate surface area is 89.1 Å². The number of rotatable bonds is 1. The normalized spacial score (nSPS) is 32.1. The van der Waals surface area contributed by atoms with Gasteiger partial charge in [0.1, 0.15) is 5.60 Å². The molecule has 1 N–H and O–H groups in total. The van der Waals surface area contributed by atoms with Crippen molar-refractivity contribution in [1.29, 1.82) is 0 Å². The molecule has 2 heteroatoms. The highest BCUT2D eigenvalue weighted by Gasteiger charge is 2.31. The molecule has 1 aromatic heterocycles. The maximum Gasteiger partial charge on any atom is 0.109 e.